The second kappa shape index (κ2) is 10.5. The average Bonchev–Trinajstić information content (AvgIpc) is 3.35. The summed E-state index contributed by atoms with van der Waals surface area (Å²) in [4.78, 5) is 26.0. The Morgan fingerprint density at radius 1 is 1.26 bits per heavy atom. The standard InChI is InChI=1S/C22H26N4O3S2/c1-14(2)29-20(28)13-17(16-8-6-15(3)7-9-16)23-19(27)10-11-26-21(24-25-22(26)30)18-5-4-12-31-18/h4-9,12,14,17H,10-11,13H2,1-3H3,(H,23,27)(H,25,30). The number of benzene rings is 1. The summed E-state index contributed by atoms with van der Waals surface area (Å²) in [6.45, 7) is 5.98. The number of H-pyrrole nitrogens is 1. The second-order valence-electron chi connectivity index (χ2n) is 7.50. The maximum absolute atomic E-state index is 12.8. The zero-order valence-electron chi connectivity index (χ0n) is 17.8. The second-order valence-corrected chi connectivity index (χ2v) is 8.84. The van der Waals surface area contributed by atoms with E-state index in [1.165, 1.54) is 0 Å². The van der Waals surface area contributed by atoms with E-state index in [0.717, 1.165) is 16.0 Å². The minimum atomic E-state index is -0.464. The van der Waals surface area contributed by atoms with Gasteiger partial charge in [-0.15, -0.1) is 11.3 Å². The first-order valence-electron chi connectivity index (χ1n) is 10.1. The van der Waals surface area contributed by atoms with E-state index in [1.54, 1.807) is 25.2 Å². The fourth-order valence-electron chi connectivity index (χ4n) is 3.13. The van der Waals surface area contributed by atoms with E-state index in [2.05, 4.69) is 15.5 Å². The number of carbonyl (C=O) groups excluding carboxylic acids is 2. The van der Waals surface area contributed by atoms with Crippen LogP contribution in [0.4, 0.5) is 0 Å². The highest BCUT2D eigenvalue weighted by atomic mass is 32.1. The van der Waals surface area contributed by atoms with Crippen LogP contribution in [0.15, 0.2) is 41.8 Å². The number of aryl methyl sites for hydroxylation is 1. The number of ether oxygens (including phenoxy) is 1. The van der Waals surface area contributed by atoms with Crippen LogP contribution in [0, 0.1) is 11.7 Å². The van der Waals surface area contributed by atoms with Crippen LogP contribution in [-0.2, 0) is 20.9 Å². The van der Waals surface area contributed by atoms with Crippen molar-refractivity contribution in [2.75, 3.05) is 0 Å². The van der Waals surface area contributed by atoms with Crippen LogP contribution in [0.1, 0.15) is 43.9 Å². The Morgan fingerprint density at radius 2 is 2.00 bits per heavy atom. The molecule has 3 rings (SSSR count). The third-order valence-corrected chi connectivity index (χ3v) is 5.79. The molecule has 164 valence electrons. The first-order valence-corrected chi connectivity index (χ1v) is 11.4. The van der Waals surface area contributed by atoms with Gasteiger partial charge in [-0.2, -0.15) is 5.10 Å². The fourth-order valence-corrected chi connectivity index (χ4v) is 4.07. The summed E-state index contributed by atoms with van der Waals surface area (Å²) < 4.78 is 7.56. The molecule has 1 aromatic carbocycles. The predicted molar refractivity (Wildman–Crippen MR) is 123 cm³/mol. The third kappa shape index (κ3) is 6.35. The van der Waals surface area contributed by atoms with Gasteiger partial charge in [0.05, 0.1) is 23.4 Å². The molecule has 0 radical (unpaired) electrons. The molecular weight excluding hydrogens is 432 g/mol. The van der Waals surface area contributed by atoms with Crippen LogP contribution < -0.4 is 5.32 Å². The van der Waals surface area contributed by atoms with Gasteiger partial charge in [-0.25, -0.2) is 0 Å². The molecule has 0 spiro atoms. The predicted octanol–water partition coefficient (Wildman–Crippen LogP) is 4.57. The van der Waals surface area contributed by atoms with Gasteiger partial charge in [0, 0.05) is 13.0 Å². The summed E-state index contributed by atoms with van der Waals surface area (Å²) in [5.74, 6) is 0.185. The van der Waals surface area contributed by atoms with Gasteiger partial charge in [-0.1, -0.05) is 35.9 Å². The fraction of sp³-hybridized carbons (Fsp3) is 0.364. The van der Waals surface area contributed by atoms with E-state index < -0.39 is 6.04 Å². The summed E-state index contributed by atoms with van der Waals surface area (Å²) in [5, 5.41) is 12.0. The van der Waals surface area contributed by atoms with Crippen molar-refractivity contribution in [2.24, 2.45) is 0 Å². The number of nitrogens with zero attached hydrogens (tertiary/aromatic N) is 2. The van der Waals surface area contributed by atoms with Crippen molar-refractivity contribution in [3.63, 3.8) is 0 Å². The number of hydrogen-bond donors (Lipinski definition) is 2. The molecule has 0 saturated carbocycles. The van der Waals surface area contributed by atoms with Crippen LogP contribution in [0.2, 0.25) is 0 Å². The maximum Gasteiger partial charge on any atom is 0.308 e. The molecule has 31 heavy (non-hydrogen) atoms. The quantitative estimate of drug-likeness (QED) is 0.362. The number of aromatic nitrogens is 3. The molecule has 3 aromatic rings. The summed E-state index contributed by atoms with van der Waals surface area (Å²) >= 11 is 6.89. The van der Waals surface area contributed by atoms with Crippen molar-refractivity contribution in [3.05, 3.63) is 57.7 Å². The number of amides is 1. The number of esters is 1. The van der Waals surface area contributed by atoms with E-state index in [1.807, 2.05) is 53.3 Å². The van der Waals surface area contributed by atoms with Gasteiger partial charge in [0.1, 0.15) is 0 Å². The summed E-state index contributed by atoms with van der Waals surface area (Å²) in [7, 11) is 0. The molecule has 0 aliphatic heterocycles. The number of thiophene rings is 1. The van der Waals surface area contributed by atoms with Crippen LogP contribution in [0.5, 0.6) is 0 Å². The molecular formula is C22H26N4O3S2. The zero-order valence-corrected chi connectivity index (χ0v) is 19.4. The monoisotopic (exact) mass is 458 g/mol. The van der Waals surface area contributed by atoms with Crippen LogP contribution >= 0.6 is 23.6 Å². The Kier molecular flexibility index (Phi) is 7.75. The first-order chi connectivity index (χ1) is 14.8. The molecule has 2 aromatic heterocycles. The third-order valence-electron chi connectivity index (χ3n) is 4.62. The highest BCUT2D eigenvalue weighted by Crippen LogP contribution is 2.23. The Hall–Kier alpha value is -2.78. The molecule has 9 heteroatoms. The van der Waals surface area contributed by atoms with E-state index in [4.69, 9.17) is 17.0 Å². The van der Waals surface area contributed by atoms with Gasteiger partial charge >= 0.3 is 5.97 Å². The molecule has 0 fully saturated rings. The normalized spacial score (nSPS) is 12.0. The van der Waals surface area contributed by atoms with Crippen molar-refractivity contribution in [1.29, 1.82) is 0 Å². The number of nitrogens with one attached hydrogen (secondary N) is 2. The maximum atomic E-state index is 12.8. The molecule has 2 N–H and O–H groups in total. The molecule has 2 heterocycles. The number of carbonyl (C=O) groups is 2. The molecule has 0 aliphatic rings. The number of hydrogen-bond acceptors (Lipinski definition) is 6. The van der Waals surface area contributed by atoms with Crippen molar-refractivity contribution >= 4 is 35.4 Å². The summed E-state index contributed by atoms with van der Waals surface area (Å²) in [6.07, 6.45) is 0.0623. The van der Waals surface area contributed by atoms with E-state index in [-0.39, 0.29) is 30.8 Å². The highest BCUT2D eigenvalue weighted by molar-refractivity contribution is 7.71. The van der Waals surface area contributed by atoms with Crippen molar-refractivity contribution in [1.82, 2.24) is 20.1 Å². The molecule has 1 amide bonds. The largest absolute Gasteiger partial charge is 0.463 e. The Bertz CT molecular complexity index is 1070. The van der Waals surface area contributed by atoms with Gasteiger partial charge in [-0.05, 0) is 50.0 Å². The Labute approximate surface area is 190 Å². The first kappa shape index (κ1) is 22.9. The van der Waals surface area contributed by atoms with Crippen molar-refractivity contribution in [3.8, 4) is 10.7 Å². The van der Waals surface area contributed by atoms with Crippen LogP contribution in [0.3, 0.4) is 0 Å². The minimum absolute atomic E-state index is 0.0680. The molecule has 7 nitrogen and oxygen atoms in total. The van der Waals surface area contributed by atoms with Crippen molar-refractivity contribution < 1.29 is 14.3 Å². The SMILES string of the molecule is Cc1ccc(C(CC(=O)OC(C)C)NC(=O)CCn2c(-c3cccs3)n[nH]c2=S)cc1. The lowest BCUT2D eigenvalue weighted by Gasteiger charge is -2.20. The summed E-state index contributed by atoms with van der Waals surface area (Å²) in [6, 6.07) is 11.2. The van der Waals surface area contributed by atoms with E-state index >= 15 is 0 Å². The lowest BCUT2D eigenvalue weighted by atomic mass is 10.0. The molecule has 0 aliphatic carbocycles. The average molecular weight is 459 g/mol. The number of aromatic amines is 1. The topological polar surface area (TPSA) is 89.0 Å². The Morgan fingerprint density at radius 3 is 2.65 bits per heavy atom. The zero-order chi connectivity index (χ0) is 22.4. The van der Waals surface area contributed by atoms with Crippen molar-refractivity contribution in [2.45, 2.75) is 52.3 Å². The minimum Gasteiger partial charge on any atom is -0.463 e. The molecule has 1 atom stereocenters. The van der Waals surface area contributed by atoms with Gasteiger partial charge in [-0.3, -0.25) is 19.3 Å². The van der Waals surface area contributed by atoms with E-state index in [9.17, 15) is 9.59 Å². The van der Waals surface area contributed by atoms with Gasteiger partial charge in [0.2, 0.25) is 5.91 Å². The van der Waals surface area contributed by atoms with Crippen LogP contribution in [-0.4, -0.2) is 32.7 Å². The lowest BCUT2D eigenvalue weighted by molar-refractivity contribution is -0.148. The van der Waals surface area contributed by atoms with Gasteiger partial charge in [0.25, 0.3) is 0 Å². The smallest absolute Gasteiger partial charge is 0.308 e. The van der Waals surface area contributed by atoms with Gasteiger partial charge in [0.15, 0.2) is 10.6 Å². The summed E-state index contributed by atoms with van der Waals surface area (Å²) in [5.41, 5.74) is 1.97. The highest BCUT2D eigenvalue weighted by Gasteiger charge is 2.20. The molecule has 0 saturated heterocycles. The lowest BCUT2D eigenvalue weighted by Crippen LogP contribution is -2.31. The molecule has 1 unspecified atom stereocenters. The van der Waals surface area contributed by atoms with Crippen LogP contribution in [0.25, 0.3) is 10.7 Å². The van der Waals surface area contributed by atoms with E-state index in [0.29, 0.717) is 17.1 Å². The molecule has 0 bridgehead atoms. The Balaban J connectivity index is 1.69. The number of rotatable bonds is 9. The van der Waals surface area contributed by atoms with Gasteiger partial charge < -0.3 is 10.1 Å².